The number of nitrogens with one attached hydrogen (secondary N) is 1. The number of hydrogen-bond acceptors (Lipinski definition) is 4. The second-order valence-electron chi connectivity index (χ2n) is 9.11. The normalized spacial score (nSPS) is 14.2. The molecular weight excluding hydrogens is 699 g/mol. The van der Waals surface area contributed by atoms with Crippen LogP contribution in [0.3, 0.4) is 0 Å². The van der Waals surface area contributed by atoms with Crippen molar-refractivity contribution in [1.29, 1.82) is 0 Å². The number of alkyl halides is 15. The van der Waals surface area contributed by atoms with E-state index < -0.39 is 60.6 Å². The predicted octanol–water partition coefficient (Wildman–Crippen LogP) is 10.0. The van der Waals surface area contributed by atoms with Crippen LogP contribution in [0.2, 0.25) is 0 Å². The van der Waals surface area contributed by atoms with Crippen molar-refractivity contribution in [2.24, 2.45) is 0 Å². The minimum absolute atomic E-state index is 0.119. The fourth-order valence-corrected chi connectivity index (χ4v) is 6.48. The topological polar surface area (TPSA) is 29.1 Å². The van der Waals surface area contributed by atoms with E-state index in [9.17, 15) is 70.7 Å². The number of thiophene rings is 3. The molecule has 3 heterocycles. The Kier molecular flexibility index (Phi) is 9.84. The monoisotopic (exact) mass is 715 g/mol. The van der Waals surface area contributed by atoms with Crippen LogP contribution in [-0.2, 0) is 11.2 Å². The average molecular weight is 716 g/mol. The number of halogens is 15. The lowest BCUT2D eigenvalue weighted by atomic mass is 9.91. The SMILES string of the molecule is O=C(CCCc1ccc(-c2ccc(-c3cccs3)s2)s1)NCC(F)(F)C(F)(F)C(F)(F)C(F)(F)C(F)(F)C(F)(F)C(F)(F)F. The van der Waals surface area contributed by atoms with E-state index in [0.29, 0.717) is 4.88 Å². The highest BCUT2D eigenvalue weighted by molar-refractivity contribution is 7.26. The second-order valence-corrected chi connectivity index (χ2v) is 12.3. The van der Waals surface area contributed by atoms with Gasteiger partial charge in [-0.15, -0.1) is 34.0 Å². The summed E-state index contributed by atoms with van der Waals surface area (Å²) < 4.78 is 199. The van der Waals surface area contributed by atoms with Crippen molar-refractivity contribution in [2.75, 3.05) is 6.54 Å². The maximum absolute atomic E-state index is 13.9. The molecule has 0 unspecified atom stereocenters. The molecule has 20 heteroatoms. The van der Waals surface area contributed by atoms with E-state index in [2.05, 4.69) is 0 Å². The number of amides is 1. The van der Waals surface area contributed by atoms with E-state index in [1.807, 2.05) is 29.6 Å². The van der Waals surface area contributed by atoms with E-state index in [1.165, 1.54) is 34.0 Å². The van der Waals surface area contributed by atoms with Crippen LogP contribution in [0.1, 0.15) is 17.7 Å². The highest BCUT2D eigenvalue weighted by atomic mass is 32.1. The van der Waals surface area contributed by atoms with Crippen molar-refractivity contribution < 1.29 is 70.7 Å². The first kappa shape index (κ1) is 36.0. The lowest BCUT2D eigenvalue weighted by Crippen LogP contribution is -2.73. The molecule has 0 radical (unpaired) electrons. The molecule has 0 aromatic carbocycles. The van der Waals surface area contributed by atoms with Crippen molar-refractivity contribution in [3.8, 4) is 19.5 Å². The van der Waals surface area contributed by atoms with Gasteiger partial charge in [0.1, 0.15) is 0 Å². The zero-order chi connectivity index (χ0) is 33.6. The minimum atomic E-state index is -8.36. The van der Waals surface area contributed by atoms with Crippen LogP contribution in [0.4, 0.5) is 65.9 Å². The van der Waals surface area contributed by atoms with Gasteiger partial charge in [-0.25, -0.2) is 0 Å². The first-order chi connectivity index (χ1) is 19.9. The van der Waals surface area contributed by atoms with Crippen molar-refractivity contribution in [3.05, 3.63) is 46.7 Å². The Morgan fingerprint density at radius 3 is 1.66 bits per heavy atom. The number of hydrogen-bond donors (Lipinski definition) is 1. The summed E-state index contributed by atoms with van der Waals surface area (Å²) >= 11 is 4.34. The fraction of sp³-hybridized carbons (Fsp3) is 0.458. The maximum atomic E-state index is 13.9. The van der Waals surface area contributed by atoms with E-state index in [4.69, 9.17) is 0 Å². The van der Waals surface area contributed by atoms with Gasteiger partial charge in [0.2, 0.25) is 5.91 Å². The van der Waals surface area contributed by atoms with Crippen molar-refractivity contribution in [3.63, 3.8) is 0 Å². The molecule has 0 spiro atoms. The lowest BCUT2D eigenvalue weighted by molar-refractivity contribution is -0.451. The van der Waals surface area contributed by atoms with Gasteiger partial charge in [-0.2, -0.15) is 65.9 Å². The van der Waals surface area contributed by atoms with Gasteiger partial charge in [0.25, 0.3) is 0 Å². The molecule has 246 valence electrons. The van der Waals surface area contributed by atoms with Crippen LogP contribution < -0.4 is 5.32 Å². The Labute approximate surface area is 249 Å². The van der Waals surface area contributed by atoms with Crippen LogP contribution in [-0.4, -0.2) is 54.2 Å². The smallest absolute Gasteiger partial charge is 0.350 e. The largest absolute Gasteiger partial charge is 0.460 e. The van der Waals surface area contributed by atoms with E-state index in [0.717, 1.165) is 24.8 Å². The van der Waals surface area contributed by atoms with Gasteiger partial charge in [0, 0.05) is 30.8 Å². The molecular formula is C24H16F15NOS3. The summed E-state index contributed by atoms with van der Waals surface area (Å²) in [6, 6.07) is 11.0. The van der Waals surface area contributed by atoms with Gasteiger partial charge in [-0.1, -0.05) is 6.07 Å². The van der Waals surface area contributed by atoms with Crippen LogP contribution in [0.5, 0.6) is 0 Å². The highest BCUT2D eigenvalue weighted by Gasteiger charge is 2.93. The highest BCUT2D eigenvalue weighted by Crippen LogP contribution is 2.62. The molecule has 1 N–H and O–H groups in total. The number of aryl methyl sites for hydroxylation is 1. The molecule has 0 aliphatic rings. The molecule has 3 aromatic heterocycles. The molecule has 2 nitrogen and oxygen atoms in total. The van der Waals surface area contributed by atoms with E-state index in [-0.39, 0.29) is 12.8 Å². The number of carbonyl (C=O) groups excluding carboxylic acids is 1. The van der Waals surface area contributed by atoms with Crippen molar-refractivity contribution >= 4 is 39.9 Å². The van der Waals surface area contributed by atoms with E-state index in [1.54, 1.807) is 12.1 Å². The molecule has 3 rings (SSSR count). The molecule has 1 amide bonds. The average Bonchev–Trinajstić information content (AvgIpc) is 3.68. The summed E-state index contributed by atoms with van der Waals surface area (Å²) in [6.45, 7) is -2.88. The van der Waals surface area contributed by atoms with Crippen LogP contribution in [0.15, 0.2) is 41.8 Å². The molecule has 0 aliphatic heterocycles. The van der Waals surface area contributed by atoms with E-state index >= 15 is 0 Å². The molecule has 0 saturated carbocycles. The third kappa shape index (κ3) is 6.29. The fourth-order valence-electron chi connectivity index (χ4n) is 3.50. The zero-order valence-corrected chi connectivity index (χ0v) is 23.6. The molecule has 0 fully saturated rings. The summed E-state index contributed by atoms with van der Waals surface area (Å²) in [5, 5.41) is 2.93. The standard InChI is InChI=1S/C24H16F15NOS3/c25-18(26,19(27,28)20(29,30)21(31,32)22(33,34)23(35,36)24(37,38)39)11-40-17(41)5-1-3-12-6-7-15(43-12)16-9-8-14(44-16)13-4-2-10-42-13/h2,4,6-10H,1,3,5,11H2,(H,40,41). The van der Waals surface area contributed by atoms with Gasteiger partial charge >= 0.3 is 41.7 Å². The van der Waals surface area contributed by atoms with Crippen molar-refractivity contribution in [1.82, 2.24) is 5.32 Å². The maximum Gasteiger partial charge on any atom is 0.460 e. The molecule has 0 aliphatic carbocycles. The van der Waals surface area contributed by atoms with Crippen LogP contribution in [0, 0.1) is 0 Å². The lowest BCUT2D eigenvalue weighted by Gasteiger charge is -2.41. The summed E-state index contributed by atoms with van der Waals surface area (Å²) in [5.41, 5.74) is 0. The van der Waals surface area contributed by atoms with Gasteiger partial charge in [-0.05, 0) is 48.6 Å². The van der Waals surface area contributed by atoms with Gasteiger partial charge in [0.15, 0.2) is 0 Å². The first-order valence-electron chi connectivity index (χ1n) is 11.7. The Bertz CT molecular complexity index is 1420. The van der Waals surface area contributed by atoms with Gasteiger partial charge < -0.3 is 5.32 Å². The first-order valence-corrected chi connectivity index (χ1v) is 14.2. The Morgan fingerprint density at radius 2 is 1.11 bits per heavy atom. The summed E-state index contributed by atoms with van der Waals surface area (Å²) in [7, 11) is 0. The molecule has 3 aromatic rings. The summed E-state index contributed by atoms with van der Waals surface area (Å²) in [6.07, 6.45) is -8.34. The summed E-state index contributed by atoms with van der Waals surface area (Å²) in [5.74, 6) is -48.5. The molecule has 0 atom stereocenters. The quantitative estimate of drug-likeness (QED) is 0.176. The second kappa shape index (κ2) is 12.0. The Balaban J connectivity index is 1.60. The number of rotatable bonds is 13. The minimum Gasteiger partial charge on any atom is -0.350 e. The third-order valence-electron chi connectivity index (χ3n) is 6.00. The van der Waals surface area contributed by atoms with Crippen LogP contribution >= 0.6 is 34.0 Å². The predicted molar refractivity (Wildman–Crippen MR) is 133 cm³/mol. The summed E-state index contributed by atoms with van der Waals surface area (Å²) in [4.78, 5) is 16.3. The molecule has 0 saturated heterocycles. The molecule has 0 bridgehead atoms. The number of carbonyl (C=O) groups is 1. The zero-order valence-electron chi connectivity index (χ0n) is 21.2. The molecule has 44 heavy (non-hydrogen) atoms. The van der Waals surface area contributed by atoms with Crippen LogP contribution in [0.25, 0.3) is 19.5 Å². The Hall–Kier alpha value is -2.48. The Morgan fingerprint density at radius 1 is 0.614 bits per heavy atom. The van der Waals surface area contributed by atoms with Crippen molar-refractivity contribution in [2.45, 2.75) is 61.0 Å². The third-order valence-corrected chi connectivity index (χ3v) is 9.49. The van der Waals surface area contributed by atoms with Gasteiger partial charge in [0.05, 0.1) is 6.54 Å². The van der Waals surface area contributed by atoms with Gasteiger partial charge in [-0.3, -0.25) is 4.79 Å².